The van der Waals surface area contributed by atoms with E-state index in [2.05, 4.69) is 21.3 Å². The van der Waals surface area contributed by atoms with Crippen molar-refractivity contribution in [2.24, 2.45) is 0 Å². The van der Waals surface area contributed by atoms with E-state index in [1.807, 2.05) is 17.3 Å². The largest absolute Gasteiger partial charge is 0.416 e. The van der Waals surface area contributed by atoms with Crippen molar-refractivity contribution in [3.05, 3.63) is 64.5 Å². The summed E-state index contributed by atoms with van der Waals surface area (Å²) in [6.45, 7) is 4.07. The molecule has 3 atom stereocenters. The van der Waals surface area contributed by atoms with Crippen molar-refractivity contribution in [3.8, 4) is 0 Å². The third-order valence-electron chi connectivity index (χ3n) is 8.65. The maximum atomic E-state index is 13.2. The van der Waals surface area contributed by atoms with Gasteiger partial charge >= 0.3 is 6.18 Å². The lowest BCUT2D eigenvalue weighted by Gasteiger charge is -2.31. The average Bonchev–Trinajstić information content (AvgIpc) is 3.52. The van der Waals surface area contributed by atoms with Gasteiger partial charge in [-0.1, -0.05) is 6.07 Å². The van der Waals surface area contributed by atoms with Gasteiger partial charge in [-0.25, -0.2) is 0 Å². The van der Waals surface area contributed by atoms with E-state index in [0.717, 1.165) is 62.6 Å². The number of nitrogens with one attached hydrogen (secondary N) is 1. The van der Waals surface area contributed by atoms with E-state index >= 15 is 0 Å². The molecule has 0 bridgehead atoms. The summed E-state index contributed by atoms with van der Waals surface area (Å²) >= 11 is 0. The highest BCUT2D eigenvalue weighted by atomic mass is 19.4. The minimum atomic E-state index is -4.38. The second-order valence-electron chi connectivity index (χ2n) is 11.2. The Hall–Kier alpha value is -2.53. The van der Waals surface area contributed by atoms with Gasteiger partial charge in [0, 0.05) is 63.4 Å². The Bertz CT molecular complexity index is 1190. The number of hydrogen-bond acceptors (Lipinski definition) is 6. The Morgan fingerprint density at radius 1 is 1.08 bits per heavy atom. The van der Waals surface area contributed by atoms with Crippen LogP contribution in [0, 0.1) is 0 Å². The molecule has 4 aliphatic rings. The van der Waals surface area contributed by atoms with Gasteiger partial charge in [-0.15, -0.1) is 0 Å². The number of alkyl halides is 3. The maximum absolute atomic E-state index is 13.2. The molecule has 210 valence electrons. The quantitative estimate of drug-likeness (QED) is 0.601. The van der Waals surface area contributed by atoms with E-state index in [4.69, 9.17) is 9.47 Å². The minimum absolute atomic E-state index is 0.0332. The van der Waals surface area contributed by atoms with Crippen LogP contribution in [0.4, 0.5) is 13.2 Å². The monoisotopic (exact) mass is 544 g/mol. The molecule has 7 nitrogen and oxygen atoms in total. The number of nitrogens with zero attached hydrogens (tertiary/aromatic N) is 3. The van der Waals surface area contributed by atoms with Crippen LogP contribution in [0.2, 0.25) is 0 Å². The molecule has 39 heavy (non-hydrogen) atoms. The molecule has 2 unspecified atom stereocenters. The Morgan fingerprint density at radius 2 is 1.92 bits per heavy atom. The van der Waals surface area contributed by atoms with Crippen LogP contribution in [-0.2, 0) is 39.8 Å². The van der Waals surface area contributed by atoms with Crippen molar-refractivity contribution < 1.29 is 27.4 Å². The van der Waals surface area contributed by atoms with Gasteiger partial charge in [-0.3, -0.25) is 19.6 Å². The van der Waals surface area contributed by atoms with Gasteiger partial charge < -0.3 is 14.8 Å². The zero-order valence-electron chi connectivity index (χ0n) is 22.0. The number of fused-ring (bicyclic) bond motifs is 2. The molecule has 1 amide bonds. The molecule has 3 aliphatic heterocycles. The van der Waals surface area contributed by atoms with Crippen LogP contribution in [0.3, 0.4) is 0 Å². The van der Waals surface area contributed by atoms with Gasteiger partial charge in [0.15, 0.2) is 0 Å². The normalized spacial score (nSPS) is 26.4. The van der Waals surface area contributed by atoms with E-state index < -0.39 is 11.7 Å². The van der Waals surface area contributed by atoms with E-state index in [1.165, 1.54) is 11.6 Å². The SMILES string of the molecule is O=C(CN1CCc2ccc(C(F)(F)F)cc2C1)NC1CN(C2CCOCC2)C[C@@H]1OC1CCc2ccncc21. The molecular weight excluding hydrogens is 509 g/mol. The first-order valence-electron chi connectivity index (χ1n) is 13.9. The second-order valence-corrected chi connectivity index (χ2v) is 11.2. The maximum Gasteiger partial charge on any atom is 0.416 e. The first-order chi connectivity index (χ1) is 18.8. The Labute approximate surface area is 226 Å². The first-order valence-corrected chi connectivity index (χ1v) is 13.9. The topological polar surface area (TPSA) is 66.9 Å². The van der Waals surface area contributed by atoms with Gasteiger partial charge in [0.05, 0.1) is 30.4 Å². The standard InChI is InChI=1S/C29H35F3N4O3/c30-29(31,32)22-3-1-19-6-10-35(15-21(19)13-22)18-28(37)34-25-16-36(23-7-11-38-12-8-23)17-27(25)39-26-4-2-20-5-9-33-14-24(20)26/h1,3,5,9,13-14,23,25-27H,2,4,6-8,10-12,15-18H2,(H,34,37)/t25?,26?,27-/m0/s1. The smallest absolute Gasteiger partial charge is 0.381 e. The van der Waals surface area contributed by atoms with E-state index in [-0.39, 0.29) is 30.7 Å². The lowest BCUT2D eigenvalue weighted by Crippen LogP contribution is -2.48. The number of hydrogen-bond donors (Lipinski definition) is 1. The van der Waals surface area contributed by atoms with Gasteiger partial charge in [-0.05, 0) is 67.0 Å². The number of likely N-dealkylation sites (tertiary alicyclic amines) is 1. The minimum Gasteiger partial charge on any atom is -0.381 e. The number of halogens is 3. The molecule has 2 aromatic rings. The van der Waals surface area contributed by atoms with Gasteiger partial charge in [0.25, 0.3) is 0 Å². The highest BCUT2D eigenvalue weighted by molar-refractivity contribution is 5.78. The zero-order chi connectivity index (χ0) is 27.0. The average molecular weight is 545 g/mol. The van der Waals surface area contributed by atoms with Crippen molar-refractivity contribution in [2.75, 3.05) is 39.4 Å². The molecule has 2 fully saturated rings. The van der Waals surface area contributed by atoms with E-state index in [1.54, 1.807) is 6.07 Å². The molecular formula is C29H35F3N4O3. The summed E-state index contributed by atoms with van der Waals surface area (Å²) in [4.78, 5) is 21.9. The zero-order valence-corrected chi connectivity index (χ0v) is 22.0. The molecule has 0 spiro atoms. The van der Waals surface area contributed by atoms with Crippen LogP contribution >= 0.6 is 0 Å². The Kier molecular flexibility index (Phi) is 7.63. The lowest BCUT2D eigenvalue weighted by molar-refractivity contribution is -0.137. The molecule has 6 rings (SSSR count). The molecule has 1 aromatic heterocycles. The van der Waals surface area contributed by atoms with Crippen LogP contribution in [0.5, 0.6) is 0 Å². The number of rotatable bonds is 6. The fraction of sp³-hybridized carbons (Fsp3) is 0.586. The number of aryl methyl sites for hydroxylation is 1. The molecule has 4 heterocycles. The van der Waals surface area contributed by atoms with Gasteiger partial charge in [-0.2, -0.15) is 13.2 Å². The summed E-state index contributed by atoms with van der Waals surface area (Å²) in [7, 11) is 0. The molecule has 0 radical (unpaired) electrons. The summed E-state index contributed by atoms with van der Waals surface area (Å²) in [5.74, 6) is -0.119. The summed E-state index contributed by atoms with van der Waals surface area (Å²) in [6, 6.07) is 6.23. The summed E-state index contributed by atoms with van der Waals surface area (Å²) < 4.78 is 51.9. The molecule has 1 N–H and O–H groups in total. The summed E-state index contributed by atoms with van der Waals surface area (Å²) in [5, 5.41) is 3.23. The van der Waals surface area contributed by atoms with Crippen molar-refractivity contribution in [1.82, 2.24) is 20.1 Å². The predicted octanol–water partition coefficient (Wildman–Crippen LogP) is 3.51. The highest BCUT2D eigenvalue weighted by Gasteiger charge is 2.40. The molecule has 1 aliphatic carbocycles. The van der Waals surface area contributed by atoms with Crippen molar-refractivity contribution in [1.29, 1.82) is 0 Å². The van der Waals surface area contributed by atoms with E-state index in [9.17, 15) is 18.0 Å². The Morgan fingerprint density at radius 3 is 2.74 bits per heavy atom. The van der Waals surface area contributed by atoms with Crippen molar-refractivity contribution >= 4 is 5.91 Å². The van der Waals surface area contributed by atoms with Crippen LogP contribution in [0.1, 0.15) is 53.2 Å². The summed E-state index contributed by atoms with van der Waals surface area (Å²) in [6.07, 6.45) is 3.58. The highest BCUT2D eigenvalue weighted by Crippen LogP contribution is 2.36. The lowest BCUT2D eigenvalue weighted by atomic mass is 9.97. The van der Waals surface area contributed by atoms with Crippen molar-refractivity contribution in [2.45, 2.75) is 69.1 Å². The first kappa shape index (κ1) is 26.7. The predicted molar refractivity (Wildman–Crippen MR) is 138 cm³/mol. The van der Waals surface area contributed by atoms with Crippen LogP contribution in [-0.4, -0.2) is 78.3 Å². The van der Waals surface area contributed by atoms with Crippen LogP contribution in [0.15, 0.2) is 36.7 Å². The third-order valence-corrected chi connectivity index (χ3v) is 8.65. The fourth-order valence-corrected chi connectivity index (χ4v) is 6.56. The molecule has 10 heteroatoms. The molecule has 0 saturated carbocycles. The number of carbonyl (C=O) groups excluding carboxylic acids is 1. The number of pyridine rings is 1. The van der Waals surface area contributed by atoms with E-state index in [0.29, 0.717) is 37.7 Å². The van der Waals surface area contributed by atoms with Gasteiger partial charge in [0.1, 0.15) is 0 Å². The summed E-state index contributed by atoms with van der Waals surface area (Å²) in [5.41, 5.74) is 3.33. The Balaban J connectivity index is 1.11. The van der Waals surface area contributed by atoms with Crippen LogP contribution < -0.4 is 5.32 Å². The number of amides is 1. The fourth-order valence-electron chi connectivity index (χ4n) is 6.56. The number of aromatic nitrogens is 1. The van der Waals surface area contributed by atoms with Crippen molar-refractivity contribution in [3.63, 3.8) is 0 Å². The number of carbonyl (C=O) groups is 1. The number of benzene rings is 1. The second kappa shape index (κ2) is 11.2. The third kappa shape index (κ3) is 5.99. The molecule has 1 aromatic carbocycles. The van der Waals surface area contributed by atoms with Crippen LogP contribution in [0.25, 0.3) is 0 Å². The molecule has 2 saturated heterocycles. The number of ether oxygens (including phenoxy) is 2. The van der Waals surface area contributed by atoms with Gasteiger partial charge in [0.2, 0.25) is 5.91 Å².